The zero-order chi connectivity index (χ0) is 21.6. The maximum absolute atomic E-state index is 13.3. The van der Waals surface area contributed by atoms with Gasteiger partial charge in [0.05, 0.1) is 37.4 Å². The van der Waals surface area contributed by atoms with Gasteiger partial charge in [-0.1, -0.05) is 30.0 Å². The lowest BCUT2D eigenvalue weighted by molar-refractivity contribution is 0.342. The first-order valence-corrected chi connectivity index (χ1v) is 10.7. The number of fused-ring (bicyclic) bond motifs is 1. The molecule has 0 aliphatic rings. The Kier molecular flexibility index (Phi) is 6.43. The molecular formula is C24H22N2O4S. The van der Waals surface area contributed by atoms with E-state index in [0.29, 0.717) is 39.9 Å². The van der Waals surface area contributed by atoms with Gasteiger partial charge in [0.25, 0.3) is 5.56 Å². The molecule has 0 spiro atoms. The van der Waals surface area contributed by atoms with Crippen molar-refractivity contribution < 1.29 is 14.2 Å². The van der Waals surface area contributed by atoms with Gasteiger partial charge in [0.2, 0.25) is 0 Å². The van der Waals surface area contributed by atoms with Crippen LogP contribution in [-0.4, -0.2) is 36.1 Å². The van der Waals surface area contributed by atoms with Crippen molar-refractivity contribution in [2.45, 2.75) is 5.16 Å². The number of thioether (sulfide) groups is 1. The summed E-state index contributed by atoms with van der Waals surface area (Å²) < 4.78 is 17.9. The third-order valence-electron chi connectivity index (χ3n) is 4.70. The molecule has 0 saturated carbocycles. The second kappa shape index (κ2) is 9.57. The van der Waals surface area contributed by atoms with E-state index in [4.69, 9.17) is 19.2 Å². The van der Waals surface area contributed by atoms with Crippen molar-refractivity contribution in [2.75, 3.05) is 26.6 Å². The monoisotopic (exact) mass is 434 g/mol. The van der Waals surface area contributed by atoms with Crippen LogP contribution in [-0.2, 0) is 0 Å². The molecule has 0 saturated heterocycles. The van der Waals surface area contributed by atoms with Crippen molar-refractivity contribution in [3.63, 3.8) is 0 Å². The molecule has 4 aromatic rings. The van der Waals surface area contributed by atoms with Gasteiger partial charge in [0.1, 0.15) is 17.2 Å². The molecule has 4 rings (SSSR count). The molecule has 6 nitrogen and oxygen atoms in total. The summed E-state index contributed by atoms with van der Waals surface area (Å²) in [5.74, 6) is 2.85. The molecule has 1 heterocycles. The SMILES string of the molecule is COc1ccc(OCCSc2nc3ccccc3c(=O)n2-c2cccc(OC)c2)cc1. The van der Waals surface area contributed by atoms with Gasteiger partial charge < -0.3 is 14.2 Å². The molecule has 0 aliphatic carbocycles. The van der Waals surface area contributed by atoms with Gasteiger partial charge in [-0.25, -0.2) is 4.98 Å². The molecule has 0 aliphatic heterocycles. The van der Waals surface area contributed by atoms with Crippen molar-refractivity contribution >= 4 is 22.7 Å². The first-order chi connectivity index (χ1) is 15.2. The average Bonchev–Trinajstić information content (AvgIpc) is 2.82. The van der Waals surface area contributed by atoms with Crippen LogP contribution in [0.1, 0.15) is 0 Å². The molecule has 31 heavy (non-hydrogen) atoms. The van der Waals surface area contributed by atoms with E-state index in [1.54, 1.807) is 24.9 Å². The number of nitrogens with zero attached hydrogens (tertiary/aromatic N) is 2. The Morgan fingerprint density at radius 2 is 1.61 bits per heavy atom. The second-order valence-corrected chi connectivity index (χ2v) is 7.69. The van der Waals surface area contributed by atoms with Gasteiger partial charge in [-0.2, -0.15) is 0 Å². The zero-order valence-electron chi connectivity index (χ0n) is 17.3. The Morgan fingerprint density at radius 3 is 2.39 bits per heavy atom. The lowest BCUT2D eigenvalue weighted by atomic mass is 10.2. The Balaban J connectivity index is 1.60. The van der Waals surface area contributed by atoms with Crippen LogP contribution in [0.5, 0.6) is 17.2 Å². The minimum Gasteiger partial charge on any atom is -0.497 e. The van der Waals surface area contributed by atoms with E-state index in [2.05, 4.69) is 0 Å². The van der Waals surface area contributed by atoms with Crippen LogP contribution in [0, 0.1) is 0 Å². The van der Waals surface area contributed by atoms with E-state index >= 15 is 0 Å². The van der Waals surface area contributed by atoms with Crippen molar-refractivity contribution in [1.29, 1.82) is 0 Å². The number of methoxy groups -OCH3 is 2. The van der Waals surface area contributed by atoms with Crippen molar-refractivity contribution in [1.82, 2.24) is 9.55 Å². The highest BCUT2D eigenvalue weighted by Gasteiger charge is 2.14. The Hall–Kier alpha value is -3.45. The Bertz CT molecular complexity index is 1240. The minimum atomic E-state index is -0.113. The van der Waals surface area contributed by atoms with Crippen LogP contribution in [0.4, 0.5) is 0 Å². The van der Waals surface area contributed by atoms with Gasteiger partial charge >= 0.3 is 0 Å². The molecule has 0 fully saturated rings. The summed E-state index contributed by atoms with van der Waals surface area (Å²) in [6, 6.07) is 22.2. The molecule has 1 aromatic heterocycles. The fourth-order valence-corrected chi connectivity index (χ4v) is 3.98. The molecular weight excluding hydrogens is 412 g/mol. The highest BCUT2D eigenvalue weighted by molar-refractivity contribution is 7.99. The number of rotatable bonds is 8. The molecule has 0 amide bonds. The normalized spacial score (nSPS) is 10.8. The van der Waals surface area contributed by atoms with E-state index in [0.717, 1.165) is 11.5 Å². The molecule has 0 atom stereocenters. The van der Waals surface area contributed by atoms with E-state index in [-0.39, 0.29) is 5.56 Å². The van der Waals surface area contributed by atoms with Gasteiger partial charge in [0.15, 0.2) is 5.16 Å². The van der Waals surface area contributed by atoms with Crippen LogP contribution in [0.2, 0.25) is 0 Å². The quantitative estimate of drug-likeness (QED) is 0.230. The molecule has 0 N–H and O–H groups in total. The number of benzene rings is 3. The Morgan fingerprint density at radius 1 is 0.871 bits per heavy atom. The van der Waals surface area contributed by atoms with E-state index in [1.807, 2.05) is 66.7 Å². The van der Waals surface area contributed by atoms with Crippen molar-refractivity contribution in [3.05, 3.63) is 83.2 Å². The van der Waals surface area contributed by atoms with E-state index in [9.17, 15) is 4.79 Å². The molecule has 0 unspecified atom stereocenters. The fourth-order valence-electron chi connectivity index (χ4n) is 3.15. The first kappa shape index (κ1) is 20.8. The van der Waals surface area contributed by atoms with E-state index < -0.39 is 0 Å². The fraction of sp³-hybridized carbons (Fsp3) is 0.167. The molecule has 7 heteroatoms. The summed E-state index contributed by atoms with van der Waals surface area (Å²) in [5.41, 5.74) is 1.27. The summed E-state index contributed by atoms with van der Waals surface area (Å²) in [7, 11) is 3.23. The lowest BCUT2D eigenvalue weighted by Crippen LogP contribution is -2.22. The van der Waals surface area contributed by atoms with Gasteiger partial charge in [0, 0.05) is 11.8 Å². The summed E-state index contributed by atoms with van der Waals surface area (Å²) in [4.78, 5) is 18.0. The number of ether oxygens (including phenoxy) is 3. The van der Waals surface area contributed by atoms with Crippen LogP contribution in [0.25, 0.3) is 16.6 Å². The van der Waals surface area contributed by atoms with Crippen molar-refractivity contribution in [2.24, 2.45) is 0 Å². The highest BCUT2D eigenvalue weighted by Crippen LogP contribution is 2.24. The molecule has 158 valence electrons. The number of hydrogen-bond donors (Lipinski definition) is 0. The van der Waals surface area contributed by atoms with Crippen LogP contribution < -0.4 is 19.8 Å². The average molecular weight is 435 g/mol. The predicted octanol–water partition coefficient (Wildman–Crippen LogP) is 4.57. The maximum atomic E-state index is 13.3. The lowest BCUT2D eigenvalue weighted by Gasteiger charge is -2.14. The maximum Gasteiger partial charge on any atom is 0.266 e. The third-order valence-corrected chi connectivity index (χ3v) is 5.60. The number of hydrogen-bond acceptors (Lipinski definition) is 6. The summed E-state index contributed by atoms with van der Waals surface area (Å²) in [5, 5.41) is 1.18. The van der Waals surface area contributed by atoms with Crippen LogP contribution in [0.15, 0.2) is 82.7 Å². The topological polar surface area (TPSA) is 62.6 Å². The smallest absolute Gasteiger partial charge is 0.266 e. The summed E-state index contributed by atoms with van der Waals surface area (Å²) in [6.07, 6.45) is 0. The Labute approximate surface area is 184 Å². The van der Waals surface area contributed by atoms with Gasteiger partial charge in [-0.15, -0.1) is 0 Å². The molecule has 0 radical (unpaired) electrons. The first-order valence-electron chi connectivity index (χ1n) is 9.75. The molecule has 3 aromatic carbocycles. The minimum absolute atomic E-state index is 0.113. The second-order valence-electron chi connectivity index (χ2n) is 6.63. The predicted molar refractivity (Wildman–Crippen MR) is 123 cm³/mol. The number of aromatic nitrogens is 2. The van der Waals surface area contributed by atoms with Gasteiger partial charge in [-0.05, 0) is 48.5 Å². The standard InChI is InChI=1S/C24H22N2O4S/c1-28-18-10-12-19(13-11-18)30-14-15-31-24-25-22-9-4-3-8-21(22)23(27)26(24)17-6-5-7-20(16-17)29-2/h3-13,16H,14-15H2,1-2H3. The van der Waals surface area contributed by atoms with Crippen LogP contribution >= 0.6 is 11.8 Å². The number of para-hydroxylation sites is 1. The van der Waals surface area contributed by atoms with Crippen molar-refractivity contribution in [3.8, 4) is 22.9 Å². The van der Waals surface area contributed by atoms with E-state index in [1.165, 1.54) is 11.8 Å². The summed E-state index contributed by atoms with van der Waals surface area (Å²) >= 11 is 1.47. The molecule has 0 bridgehead atoms. The van der Waals surface area contributed by atoms with Gasteiger partial charge in [-0.3, -0.25) is 9.36 Å². The highest BCUT2D eigenvalue weighted by atomic mass is 32.2. The third kappa shape index (κ3) is 4.67. The van der Waals surface area contributed by atoms with Crippen LogP contribution in [0.3, 0.4) is 0 Å². The largest absolute Gasteiger partial charge is 0.497 e. The zero-order valence-corrected chi connectivity index (χ0v) is 18.1. The summed E-state index contributed by atoms with van der Waals surface area (Å²) in [6.45, 7) is 0.470.